The monoisotopic (exact) mass is 375 g/mol. The third kappa shape index (κ3) is 4.67. The molecule has 2 rings (SSSR count). The minimum absolute atomic E-state index is 0.191. The Morgan fingerprint density at radius 3 is 2.71 bits per heavy atom. The topological polar surface area (TPSA) is 75.4 Å². The Morgan fingerprint density at radius 2 is 2.05 bits per heavy atom. The van der Waals surface area contributed by atoms with Crippen molar-refractivity contribution in [2.75, 3.05) is 31.9 Å². The van der Waals surface area contributed by atoms with Crippen molar-refractivity contribution in [3.05, 3.63) is 22.7 Å². The van der Waals surface area contributed by atoms with Crippen LogP contribution in [0.4, 0.5) is 5.69 Å². The van der Waals surface area contributed by atoms with Crippen molar-refractivity contribution in [2.24, 2.45) is 5.92 Å². The summed E-state index contributed by atoms with van der Waals surface area (Å²) in [6, 6.07) is 4.79. The number of benzene rings is 1. The quantitative estimate of drug-likeness (QED) is 0.745. The van der Waals surface area contributed by atoms with Gasteiger partial charge in [0.2, 0.25) is 10.0 Å². The highest BCUT2D eigenvalue weighted by Crippen LogP contribution is 2.24. The van der Waals surface area contributed by atoms with E-state index in [4.69, 9.17) is 5.73 Å². The largest absolute Gasteiger partial charge is 0.399 e. The third-order valence-electron chi connectivity index (χ3n) is 3.64. The molecule has 0 bridgehead atoms. The Labute approximate surface area is 135 Å². The number of likely N-dealkylation sites (tertiary alicyclic amines) is 1. The lowest BCUT2D eigenvalue weighted by Gasteiger charge is -2.20. The minimum Gasteiger partial charge on any atom is -0.399 e. The first kappa shape index (κ1) is 16.7. The summed E-state index contributed by atoms with van der Waals surface area (Å²) in [7, 11) is -3.54. The van der Waals surface area contributed by atoms with E-state index < -0.39 is 10.0 Å². The van der Waals surface area contributed by atoms with Crippen molar-refractivity contribution in [1.82, 2.24) is 9.62 Å². The summed E-state index contributed by atoms with van der Waals surface area (Å²) in [6.45, 7) is 5.67. The fourth-order valence-corrected chi connectivity index (χ4v) is 4.69. The molecular formula is C14H22BrN3O2S. The van der Waals surface area contributed by atoms with Gasteiger partial charge in [0.1, 0.15) is 0 Å². The van der Waals surface area contributed by atoms with Crippen molar-refractivity contribution in [1.29, 1.82) is 0 Å². The van der Waals surface area contributed by atoms with Crippen molar-refractivity contribution >= 4 is 31.6 Å². The fraction of sp³-hybridized carbons (Fsp3) is 0.571. The minimum atomic E-state index is -3.54. The molecule has 1 aliphatic heterocycles. The molecule has 21 heavy (non-hydrogen) atoms. The van der Waals surface area contributed by atoms with Gasteiger partial charge in [0.25, 0.3) is 0 Å². The molecule has 0 amide bonds. The van der Waals surface area contributed by atoms with Gasteiger partial charge in [-0.3, -0.25) is 0 Å². The van der Waals surface area contributed by atoms with E-state index in [0.29, 0.717) is 16.7 Å². The Balaban J connectivity index is 1.95. The second kappa shape index (κ2) is 7.09. The normalized spacial score (nSPS) is 18.0. The maximum atomic E-state index is 12.3. The number of rotatable bonds is 6. The van der Waals surface area contributed by atoms with E-state index in [1.165, 1.54) is 18.9 Å². The Bertz CT molecular complexity index is 586. The first-order valence-electron chi connectivity index (χ1n) is 7.15. The van der Waals surface area contributed by atoms with Gasteiger partial charge in [0.05, 0.1) is 4.90 Å². The predicted octanol–water partition coefficient (Wildman–Crippen LogP) is 2.04. The van der Waals surface area contributed by atoms with Gasteiger partial charge < -0.3 is 10.6 Å². The molecule has 1 saturated heterocycles. The Morgan fingerprint density at radius 1 is 1.38 bits per heavy atom. The van der Waals surface area contributed by atoms with Crippen LogP contribution in [0.5, 0.6) is 0 Å². The molecule has 1 heterocycles. The molecule has 5 nitrogen and oxygen atoms in total. The summed E-state index contributed by atoms with van der Waals surface area (Å²) in [6.07, 6.45) is 2.49. The molecule has 1 atom stereocenters. The van der Waals surface area contributed by atoms with Crippen LogP contribution in [0, 0.1) is 5.92 Å². The van der Waals surface area contributed by atoms with Gasteiger partial charge in [0, 0.05) is 23.2 Å². The number of nitrogen functional groups attached to an aromatic ring is 1. The van der Waals surface area contributed by atoms with Crippen molar-refractivity contribution in [3.8, 4) is 0 Å². The number of hydrogen-bond acceptors (Lipinski definition) is 4. The summed E-state index contributed by atoms with van der Waals surface area (Å²) >= 11 is 3.26. The number of hydrogen-bond donors (Lipinski definition) is 2. The van der Waals surface area contributed by atoms with Crippen molar-refractivity contribution < 1.29 is 8.42 Å². The van der Waals surface area contributed by atoms with Gasteiger partial charge in [-0.2, -0.15) is 0 Å². The van der Waals surface area contributed by atoms with Crippen LogP contribution in [-0.4, -0.2) is 39.5 Å². The number of halogens is 1. The van der Waals surface area contributed by atoms with Crippen LogP contribution in [0.15, 0.2) is 27.6 Å². The SMILES string of the molecule is CC(CNS(=O)(=O)c1cc(N)ccc1Br)CN1CCCC1. The number of sulfonamides is 1. The van der Waals surface area contributed by atoms with Gasteiger partial charge in [-0.1, -0.05) is 6.92 Å². The average molecular weight is 376 g/mol. The molecule has 7 heteroatoms. The predicted molar refractivity (Wildman–Crippen MR) is 88.6 cm³/mol. The number of nitrogens with two attached hydrogens (primary N) is 1. The molecule has 1 fully saturated rings. The molecule has 3 N–H and O–H groups in total. The average Bonchev–Trinajstić information content (AvgIpc) is 2.92. The van der Waals surface area contributed by atoms with Gasteiger partial charge in [0.15, 0.2) is 0 Å². The molecule has 1 aromatic carbocycles. The van der Waals surface area contributed by atoms with Gasteiger partial charge in [-0.25, -0.2) is 13.1 Å². The number of anilines is 1. The third-order valence-corrected chi connectivity index (χ3v) is 6.05. The van der Waals surface area contributed by atoms with E-state index >= 15 is 0 Å². The highest BCUT2D eigenvalue weighted by Gasteiger charge is 2.20. The van der Waals surface area contributed by atoms with E-state index in [0.717, 1.165) is 19.6 Å². The van der Waals surface area contributed by atoms with Crippen LogP contribution in [0.1, 0.15) is 19.8 Å². The van der Waals surface area contributed by atoms with E-state index in [2.05, 4.69) is 32.5 Å². The molecule has 1 aliphatic rings. The van der Waals surface area contributed by atoms with Crippen LogP contribution in [-0.2, 0) is 10.0 Å². The van der Waals surface area contributed by atoms with Crippen molar-refractivity contribution in [3.63, 3.8) is 0 Å². The molecule has 0 aromatic heterocycles. The maximum absolute atomic E-state index is 12.3. The molecule has 1 unspecified atom stereocenters. The zero-order chi connectivity index (χ0) is 15.5. The summed E-state index contributed by atoms with van der Waals surface area (Å²) in [5.41, 5.74) is 6.10. The molecule has 1 aromatic rings. The van der Waals surface area contributed by atoms with Crippen molar-refractivity contribution in [2.45, 2.75) is 24.7 Å². The first-order chi connectivity index (χ1) is 9.88. The fourth-order valence-electron chi connectivity index (χ4n) is 2.53. The number of nitrogens with zero attached hydrogens (tertiary/aromatic N) is 1. The van der Waals surface area contributed by atoms with E-state index in [1.807, 2.05) is 0 Å². The van der Waals surface area contributed by atoms with Gasteiger partial charge >= 0.3 is 0 Å². The second-order valence-electron chi connectivity index (χ2n) is 5.65. The van der Waals surface area contributed by atoms with E-state index in [-0.39, 0.29) is 10.8 Å². The standard InChI is InChI=1S/C14H22BrN3O2S/c1-11(10-18-6-2-3-7-18)9-17-21(19,20)14-8-12(16)4-5-13(14)15/h4-5,8,11,17H,2-3,6-7,9-10,16H2,1H3. The van der Waals surface area contributed by atoms with Crippen LogP contribution < -0.4 is 10.5 Å². The Hall–Kier alpha value is -0.630. The smallest absolute Gasteiger partial charge is 0.241 e. The zero-order valence-electron chi connectivity index (χ0n) is 12.2. The van der Waals surface area contributed by atoms with Crippen LogP contribution in [0.2, 0.25) is 0 Å². The lowest BCUT2D eigenvalue weighted by atomic mass is 10.2. The molecule has 0 radical (unpaired) electrons. The highest BCUT2D eigenvalue weighted by atomic mass is 79.9. The number of nitrogens with one attached hydrogen (secondary N) is 1. The van der Waals surface area contributed by atoms with Crippen LogP contribution >= 0.6 is 15.9 Å². The molecule has 0 spiro atoms. The maximum Gasteiger partial charge on any atom is 0.241 e. The summed E-state index contributed by atoms with van der Waals surface area (Å²) in [4.78, 5) is 2.57. The molecule has 0 saturated carbocycles. The second-order valence-corrected chi connectivity index (χ2v) is 8.24. The Kier molecular flexibility index (Phi) is 5.65. The summed E-state index contributed by atoms with van der Waals surface area (Å²) in [5, 5.41) is 0. The van der Waals surface area contributed by atoms with E-state index in [1.54, 1.807) is 12.1 Å². The molecular weight excluding hydrogens is 354 g/mol. The van der Waals surface area contributed by atoms with E-state index in [9.17, 15) is 8.42 Å². The summed E-state index contributed by atoms with van der Waals surface area (Å²) < 4.78 is 27.9. The van der Waals surface area contributed by atoms with Crippen LogP contribution in [0.3, 0.4) is 0 Å². The highest BCUT2D eigenvalue weighted by molar-refractivity contribution is 9.10. The molecule has 118 valence electrons. The summed E-state index contributed by atoms with van der Waals surface area (Å²) in [5.74, 6) is 0.276. The van der Waals surface area contributed by atoms with Gasteiger partial charge in [-0.05, 0) is 66.0 Å². The zero-order valence-corrected chi connectivity index (χ0v) is 14.6. The lowest BCUT2D eigenvalue weighted by molar-refractivity contribution is 0.288. The lowest BCUT2D eigenvalue weighted by Crippen LogP contribution is -2.34. The molecule has 0 aliphatic carbocycles. The van der Waals surface area contributed by atoms with Crippen LogP contribution in [0.25, 0.3) is 0 Å². The first-order valence-corrected chi connectivity index (χ1v) is 9.43. The van der Waals surface area contributed by atoms with Gasteiger partial charge in [-0.15, -0.1) is 0 Å².